The summed E-state index contributed by atoms with van der Waals surface area (Å²) in [7, 11) is 0. The van der Waals surface area contributed by atoms with E-state index in [1.54, 1.807) is 0 Å². The fraction of sp³-hybridized carbons (Fsp3) is 0.727. The molecule has 1 fully saturated rings. The molecule has 0 saturated carbocycles. The van der Waals surface area contributed by atoms with Crippen LogP contribution in [0.3, 0.4) is 0 Å². The molecule has 0 atom stereocenters. The lowest BCUT2D eigenvalue weighted by atomic mass is 10.1. The van der Waals surface area contributed by atoms with Crippen molar-refractivity contribution in [2.75, 3.05) is 19.6 Å². The first kappa shape index (κ1) is 10.6. The molecule has 4 nitrogen and oxygen atoms in total. The molecule has 0 aromatic carbocycles. The van der Waals surface area contributed by atoms with E-state index in [-0.39, 0.29) is 0 Å². The Kier molecular flexibility index (Phi) is 3.75. The van der Waals surface area contributed by atoms with Crippen molar-refractivity contribution in [3.63, 3.8) is 0 Å². The van der Waals surface area contributed by atoms with Gasteiger partial charge in [0.25, 0.3) is 0 Å². The maximum Gasteiger partial charge on any atom is 0.138 e. The number of hydrogen-bond acceptors (Lipinski definition) is 4. The molecule has 0 spiro atoms. The lowest BCUT2D eigenvalue weighted by Gasteiger charge is -2.25. The van der Waals surface area contributed by atoms with Gasteiger partial charge in [-0.15, -0.1) is 0 Å². The molecule has 1 aromatic rings. The van der Waals surface area contributed by atoms with Gasteiger partial charge in [-0.3, -0.25) is 4.90 Å². The number of piperidine rings is 1. The molecule has 2 heterocycles. The number of nitrogens with zero attached hydrogens (tertiary/aromatic N) is 2. The molecule has 1 aliphatic heterocycles. The van der Waals surface area contributed by atoms with Crippen molar-refractivity contribution in [2.24, 2.45) is 5.73 Å². The van der Waals surface area contributed by atoms with Gasteiger partial charge in [0.2, 0.25) is 0 Å². The maximum atomic E-state index is 5.46. The minimum absolute atomic E-state index is 0.623. The maximum absolute atomic E-state index is 5.46. The lowest BCUT2D eigenvalue weighted by molar-refractivity contribution is 0.214. The summed E-state index contributed by atoms with van der Waals surface area (Å²) in [6, 6.07) is 2.03. The molecule has 0 bridgehead atoms. The fourth-order valence-corrected chi connectivity index (χ4v) is 2.04. The van der Waals surface area contributed by atoms with Crippen LogP contribution in [0.15, 0.2) is 10.6 Å². The average molecular weight is 209 g/mol. The van der Waals surface area contributed by atoms with Crippen LogP contribution in [0.5, 0.6) is 0 Å². The smallest absolute Gasteiger partial charge is 0.138 e. The largest absolute Gasteiger partial charge is 0.361 e. The summed E-state index contributed by atoms with van der Waals surface area (Å²) in [5.41, 5.74) is 6.50. The number of rotatable bonds is 4. The summed E-state index contributed by atoms with van der Waals surface area (Å²) >= 11 is 0. The van der Waals surface area contributed by atoms with E-state index in [0.717, 1.165) is 24.4 Å². The molecule has 0 aliphatic carbocycles. The molecule has 1 aromatic heterocycles. The Labute approximate surface area is 90.4 Å². The molecule has 0 unspecified atom stereocenters. The van der Waals surface area contributed by atoms with E-state index in [1.807, 2.05) is 6.07 Å². The quantitative estimate of drug-likeness (QED) is 0.808. The molecule has 0 amide bonds. The molecule has 1 aliphatic rings. The van der Waals surface area contributed by atoms with Crippen LogP contribution in [0.4, 0.5) is 0 Å². The second kappa shape index (κ2) is 5.28. The monoisotopic (exact) mass is 209 g/mol. The zero-order valence-corrected chi connectivity index (χ0v) is 9.11. The normalized spacial score (nSPS) is 18.2. The van der Waals surface area contributed by atoms with Crippen molar-refractivity contribution >= 4 is 0 Å². The van der Waals surface area contributed by atoms with Gasteiger partial charge in [-0.2, -0.15) is 0 Å². The highest BCUT2D eigenvalue weighted by Crippen LogP contribution is 2.13. The Balaban J connectivity index is 1.86. The van der Waals surface area contributed by atoms with Gasteiger partial charge in [0.05, 0.1) is 5.69 Å². The Morgan fingerprint density at radius 1 is 1.33 bits per heavy atom. The summed E-state index contributed by atoms with van der Waals surface area (Å²) in [4.78, 5) is 2.44. The molecular formula is C11H19N3O. The van der Waals surface area contributed by atoms with Gasteiger partial charge in [0, 0.05) is 19.0 Å². The highest BCUT2D eigenvalue weighted by Gasteiger charge is 2.12. The average Bonchev–Trinajstić information content (AvgIpc) is 2.68. The summed E-state index contributed by atoms with van der Waals surface area (Å²) in [6.07, 6.45) is 4.78. The lowest BCUT2D eigenvalue weighted by Crippen LogP contribution is -2.29. The third-order valence-corrected chi connectivity index (χ3v) is 2.83. The minimum Gasteiger partial charge on any atom is -0.361 e. The van der Waals surface area contributed by atoms with E-state index in [9.17, 15) is 0 Å². The summed E-state index contributed by atoms with van der Waals surface area (Å²) in [6.45, 7) is 3.94. The van der Waals surface area contributed by atoms with Crippen LogP contribution in [0.2, 0.25) is 0 Å². The van der Waals surface area contributed by atoms with Crippen LogP contribution in [-0.4, -0.2) is 29.7 Å². The second-order valence-electron chi connectivity index (χ2n) is 4.16. The van der Waals surface area contributed by atoms with Crippen molar-refractivity contribution in [3.8, 4) is 0 Å². The van der Waals surface area contributed by atoms with Gasteiger partial charge in [-0.05, 0) is 32.5 Å². The molecule has 84 valence electrons. The minimum atomic E-state index is 0.623. The van der Waals surface area contributed by atoms with E-state index in [0.29, 0.717) is 6.54 Å². The Bertz CT molecular complexity index is 292. The van der Waals surface area contributed by atoms with Gasteiger partial charge >= 0.3 is 0 Å². The van der Waals surface area contributed by atoms with E-state index >= 15 is 0 Å². The fourth-order valence-electron chi connectivity index (χ4n) is 2.04. The molecular weight excluding hydrogens is 190 g/mol. The van der Waals surface area contributed by atoms with Gasteiger partial charge < -0.3 is 10.3 Å². The SMILES string of the molecule is NCCc1cc(CN2CCCCC2)no1. The van der Waals surface area contributed by atoms with Crippen molar-refractivity contribution < 1.29 is 4.52 Å². The summed E-state index contributed by atoms with van der Waals surface area (Å²) in [5, 5.41) is 4.06. The zero-order chi connectivity index (χ0) is 10.5. The number of hydrogen-bond donors (Lipinski definition) is 1. The number of aromatic nitrogens is 1. The van der Waals surface area contributed by atoms with Gasteiger partial charge in [0.1, 0.15) is 5.76 Å². The molecule has 15 heavy (non-hydrogen) atoms. The molecule has 4 heteroatoms. The van der Waals surface area contributed by atoms with E-state index in [4.69, 9.17) is 10.3 Å². The Morgan fingerprint density at radius 2 is 2.13 bits per heavy atom. The second-order valence-corrected chi connectivity index (χ2v) is 4.16. The first-order chi connectivity index (χ1) is 7.38. The van der Waals surface area contributed by atoms with Crippen LogP contribution in [0.1, 0.15) is 30.7 Å². The van der Waals surface area contributed by atoms with Crippen LogP contribution in [-0.2, 0) is 13.0 Å². The Hall–Kier alpha value is -0.870. The third kappa shape index (κ3) is 3.04. The standard InChI is InChI=1S/C11H19N3O/c12-5-4-11-8-10(13-15-11)9-14-6-2-1-3-7-14/h8H,1-7,9,12H2. The Morgan fingerprint density at radius 3 is 2.87 bits per heavy atom. The molecule has 2 N–H and O–H groups in total. The predicted molar refractivity (Wildman–Crippen MR) is 58.4 cm³/mol. The van der Waals surface area contributed by atoms with E-state index in [1.165, 1.54) is 32.4 Å². The van der Waals surface area contributed by atoms with Gasteiger partial charge in [0.15, 0.2) is 0 Å². The molecule has 2 rings (SSSR count). The predicted octanol–water partition coefficient (Wildman–Crippen LogP) is 1.16. The first-order valence-corrected chi connectivity index (χ1v) is 5.75. The molecule has 1 saturated heterocycles. The van der Waals surface area contributed by atoms with E-state index in [2.05, 4.69) is 10.1 Å². The first-order valence-electron chi connectivity index (χ1n) is 5.75. The summed E-state index contributed by atoms with van der Waals surface area (Å²) in [5.74, 6) is 0.907. The summed E-state index contributed by atoms with van der Waals surface area (Å²) < 4.78 is 5.19. The van der Waals surface area contributed by atoms with Crippen molar-refractivity contribution in [3.05, 3.63) is 17.5 Å². The number of likely N-dealkylation sites (tertiary alicyclic amines) is 1. The van der Waals surface area contributed by atoms with Gasteiger partial charge in [-0.1, -0.05) is 11.6 Å². The van der Waals surface area contributed by atoms with Crippen molar-refractivity contribution in [2.45, 2.75) is 32.2 Å². The third-order valence-electron chi connectivity index (χ3n) is 2.83. The zero-order valence-electron chi connectivity index (χ0n) is 9.11. The van der Waals surface area contributed by atoms with Crippen molar-refractivity contribution in [1.82, 2.24) is 10.1 Å². The van der Waals surface area contributed by atoms with E-state index < -0.39 is 0 Å². The van der Waals surface area contributed by atoms with Gasteiger partial charge in [-0.25, -0.2) is 0 Å². The highest BCUT2D eigenvalue weighted by atomic mass is 16.5. The molecule has 0 radical (unpaired) electrons. The topological polar surface area (TPSA) is 55.3 Å². The van der Waals surface area contributed by atoms with Crippen LogP contribution < -0.4 is 5.73 Å². The van der Waals surface area contributed by atoms with Crippen LogP contribution in [0, 0.1) is 0 Å². The highest BCUT2D eigenvalue weighted by molar-refractivity contribution is 5.05. The van der Waals surface area contributed by atoms with Crippen LogP contribution in [0.25, 0.3) is 0 Å². The number of nitrogens with two attached hydrogens (primary N) is 1. The van der Waals surface area contributed by atoms with Crippen LogP contribution >= 0.6 is 0 Å². The van der Waals surface area contributed by atoms with Crippen molar-refractivity contribution in [1.29, 1.82) is 0 Å².